The molecule has 0 aliphatic carbocycles. The highest BCUT2D eigenvalue weighted by Crippen LogP contribution is 2.30. The molecule has 2 amide bonds. The zero-order valence-corrected chi connectivity index (χ0v) is 14.0. The summed E-state index contributed by atoms with van der Waals surface area (Å²) in [7, 11) is 0. The van der Waals surface area contributed by atoms with E-state index < -0.39 is 5.41 Å². The zero-order chi connectivity index (χ0) is 16.3. The Kier molecular flexibility index (Phi) is 4.89. The number of para-hydroxylation sites is 1. The fourth-order valence-electron chi connectivity index (χ4n) is 2.78. The summed E-state index contributed by atoms with van der Waals surface area (Å²) in [5.41, 5.74) is 3.04. The molecule has 0 saturated heterocycles. The van der Waals surface area contributed by atoms with Crippen LogP contribution in [0, 0.1) is 12.3 Å². The average molecular weight is 302 g/mol. The second-order valence-electron chi connectivity index (χ2n) is 6.99. The highest BCUT2D eigenvalue weighted by molar-refractivity contribution is 5.95. The SMILES string of the molecule is Cc1cccc2c1N(C(=O)CCNC(=O)C(C)(C)C)CCC2. The lowest BCUT2D eigenvalue weighted by atomic mass is 9.95. The first-order valence-corrected chi connectivity index (χ1v) is 7.98. The molecule has 0 unspecified atom stereocenters. The van der Waals surface area contributed by atoms with E-state index in [0.717, 1.165) is 30.6 Å². The second kappa shape index (κ2) is 6.51. The van der Waals surface area contributed by atoms with E-state index >= 15 is 0 Å². The number of rotatable bonds is 3. The molecule has 1 aliphatic heterocycles. The molecule has 0 radical (unpaired) electrons. The highest BCUT2D eigenvalue weighted by Gasteiger charge is 2.25. The molecule has 0 atom stereocenters. The molecule has 0 bridgehead atoms. The Hall–Kier alpha value is -1.84. The van der Waals surface area contributed by atoms with Crippen LogP contribution in [0.2, 0.25) is 0 Å². The Labute approximate surface area is 132 Å². The lowest BCUT2D eigenvalue weighted by Crippen LogP contribution is -2.40. The summed E-state index contributed by atoms with van der Waals surface area (Å²) >= 11 is 0. The molecule has 4 nitrogen and oxygen atoms in total. The maximum atomic E-state index is 12.5. The Bertz CT molecular complexity index is 573. The molecule has 0 spiro atoms. The topological polar surface area (TPSA) is 49.4 Å². The molecule has 1 aromatic rings. The van der Waals surface area contributed by atoms with E-state index in [2.05, 4.69) is 11.4 Å². The average Bonchev–Trinajstić information content (AvgIpc) is 2.45. The maximum absolute atomic E-state index is 12.5. The van der Waals surface area contributed by atoms with Crippen molar-refractivity contribution in [2.45, 2.75) is 47.0 Å². The van der Waals surface area contributed by atoms with Crippen molar-refractivity contribution in [3.8, 4) is 0 Å². The van der Waals surface area contributed by atoms with Crippen molar-refractivity contribution < 1.29 is 9.59 Å². The monoisotopic (exact) mass is 302 g/mol. The van der Waals surface area contributed by atoms with Crippen LogP contribution in [-0.4, -0.2) is 24.9 Å². The van der Waals surface area contributed by atoms with Crippen molar-refractivity contribution in [3.05, 3.63) is 29.3 Å². The predicted octanol–water partition coefficient (Wildman–Crippen LogP) is 2.83. The van der Waals surface area contributed by atoms with Gasteiger partial charge in [0.1, 0.15) is 0 Å². The smallest absolute Gasteiger partial charge is 0.228 e. The van der Waals surface area contributed by atoms with E-state index in [1.807, 2.05) is 44.7 Å². The molecule has 1 heterocycles. The van der Waals surface area contributed by atoms with E-state index in [1.165, 1.54) is 5.56 Å². The molecule has 0 fully saturated rings. The third-order valence-corrected chi connectivity index (χ3v) is 4.03. The van der Waals surface area contributed by atoms with Crippen molar-refractivity contribution in [3.63, 3.8) is 0 Å². The van der Waals surface area contributed by atoms with E-state index in [9.17, 15) is 9.59 Å². The van der Waals surface area contributed by atoms with Gasteiger partial charge in [-0.1, -0.05) is 39.0 Å². The largest absolute Gasteiger partial charge is 0.355 e. The number of fused-ring (bicyclic) bond motifs is 1. The van der Waals surface area contributed by atoms with Gasteiger partial charge in [-0.2, -0.15) is 0 Å². The normalized spacial score (nSPS) is 14.5. The van der Waals surface area contributed by atoms with Crippen LogP contribution < -0.4 is 10.2 Å². The molecular weight excluding hydrogens is 276 g/mol. The van der Waals surface area contributed by atoms with Crippen LogP contribution in [0.5, 0.6) is 0 Å². The summed E-state index contributed by atoms with van der Waals surface area (Å²) in [6.07, 6.45) is 2.37. The van der Waals surface area contributed by atoms with Gasteiger partial charge in [-0.25, -0.2) is 0 Å². The van der Waals surface area contributed by atoms with Crippen LogP contribution in [0.15, 0.2) is 18.2 Å². The molecule has 0 aromatic heterocycles. The van der Waals surface area contributed by atoms with Gasteiger partial charge in [-0.3, -0.25) is 9.59 Å². The van der Waals surface area contributed by atoms with Gasteiger partial charge in [0.25, 0.3) is 0 Å². The summed E-state index contributed by atoms with van der Waals surface area (Å²) in [5, 5.41) is 2.84. The quantitative estimate of drug-likeness (QED) is 0.933. The van der Waals surface area contributed by atoms with Gasteiger partial charge < -0.3 is 10.2 Å². The van der Waals surface area contributed by atoms with Crippen molar-refractivity contribution in [2.75, 3.05) is 18.0 Å². The number of hydrogen-bond donors (Lipinski definition) is 1. The molecule has 1 aromatic carbocycles. The minimum Gasteiger partial charge on any atom is -0.355 e. The molecule has 0 saturated carbocycles. The Morgan fingerprint density at radius 1 is 1.27 bits per heavy atom. The van der Waals surface area contributed by atoms with Crippen molar-refractivity contribution in [2.24, 2.45) is 5.41 Å². The Morgan fingerprint density at radius 2 is 2.00 bits per heavy atom. The van der Waals surface area contributed by atoms with E-state index in [1.54, 1.807) is 0 Å². The predicted molar refractivity (Wildman–Crippen MR) is 88.9 cm³/mol. The standard InChI is InChI=1S/C18H26N2O2/c1-13-7-5-8-14-9-6-12-20(16(13)14)15(21)10-11-19-17(22)18(2,3)4/h5,7-8H,6,9-12H2,1-4H3,(H,19,22). The fourth-order valence-corrected chi connectivity index (χ4v) is 2.78. The molecule has 1 N–H and O–H groups in total. The molecular formula is C18H26N2O2. The van der Waals surface area contributed by atoms with E-state index in [-0.39, 0.29) is 11.8 Å². The summed E-state index contributed by atoms with van der Waals surface area (Å²) in [4.78, 5) is 26.2. The Morgan fingerprint density at radius 3 is 2.68 bits per heavy atom. The number of hydrogen-bond acceptors (Lipinski definition) is 2. The van der Waals surface area contributed by atoms with Gasteiger partial charge >= 0.3 is 0 Å². The highest BCUT2D eigenvalue weighted by atomic mass is 16.2. The summed E-state index contributed by atoms with van der Waals surface area (Å²) in [6, 6.07) is 6.20. The third-order valence-electron chi connectivity index (χ3n) is 4.03. The Balaban J connectivity index is 1.99. The first kappa shape index (κ1) is 16.5. The molecule has 2 rings (SSSR count). The van der Waals surface area contributed by atoms with Gasteiger partial charge in [0.2, 0.25) is 11.8 Å². The minimum absolute atomic E-state index is 0.0180. The number of nitrogens with one attached hydrogen (secondary N) is 1. The van der Waals surface area contributed by atoms with Crippen LogP contribution in [0.25, 0.3) is 0 Å². The lowest BCUT2D eigenvalue weighted by Gasteiger charge is -2.31. The number of anilines is 1. The summed E-state index contributed by atoms with van der Waals surface area (Å²) < 4.78 is 0. The van der Waals surface area contributed by atoms with Gasteiger partial charge in [0, 0.05) is 30.6 Å². The number of amides is 2. The van der Waals surface area contributed by atoms with Crippen LogP contribution >= 0.6 is 0 Å². The van der Waals surface area contributed by atoms with Crippen molar-refractivity contribution in [1.82, 2.24) is 5.32 Å². The molecule has 1 aliphatic rings. The zero-order valence-electron chi connectivity index (χ0n) is 14.0. The van der Waals surface area contributed by atoms with E-state index in [4.69, 9.17) is 0 Å². The molecule has 120 valence electrons. The number of benzene rings is 1. The first-order chi connectivity index (χ1) is 10.3. The molecule has 4 heteroatoms. The van der Waals surface area contributed by atoms with Crippen molar-refractivity contribution >= 4 is 17.5 Å². The summed E-state index contributed by atoms with van der Waals surface area (Å²) in [6.45, 7) is 8.82. The number of carbonyl (C=O) groups excluding carboxylic acids is 2. The van der Waals surface area contributed by atoms with E-state index in [0.29, 0.717) is 13.0 Å². The number of nitrogens with zero attached hydrogens (tertiary/aromatic N) is 1. The van der Waals surface area contributed by atoms with Crippen LogP contribution in [-0.2, 0) is 16.0 Å². The summed E-state index contributed by atoms with van der Waals surface area (Å²) in [5.74, 6) is 0.0694. The lowest BCUT2D eigenvalue weighted by molar-refractivity contribution is -0.128. The van der Waals surface area contributed by atoms with Crippen LogP contribution in [0.4, 0.5) is 5.69 Å². The molecule has 22 heavy (non-hydrogen) atoms. The van der Waals surface area contributed by atoms with Crippen molar-refractivity contribution in [1.29, 1.82) is 0 Å². The number of carbonyl (C=O) groups is 2. The number of aryl methyl sites for hydroxylation is 2. The fraction of sp³-hybridized carbons (Fsp3) is 0.556. The van der Waals surface area contributed by atoms with Gasteiger partial charge in [-0.15, -0.1) is 0 Å². The third kappa shape index (κ3) is 3.67. The first-order valence-electron chi connectivity index (χ1n) is 7.98. The van der Waals surface area contributed by atoms with Crippen LogP contribution in [0.3, 0.4) is 0 Å². The minimum atomic E-state index is -0.419. The van der Waals surface area contributed by atoms with Gasteiger partial charge in [0.05, 0.1) is 0 Å². The van der Waals surface area contributed by atoms with Gasteiger partial charge in [-0.05, 0) is 30.9 Å². The second-order valence-corrected chi connectivity index (χ2v) is 6.99. The maximum Gasteiger partial charge on any atom is 0.228 e. The van der Waals surface area contributed by atoms with Gasteiger partial charge in [0.15, 0.2) is 0 Å². The van der Waals surface area contributed by atoms with Crippen LogP contribution in [0.1, 0.15) is 44.7 Å².